The van der Waals surface area contributed by atoms with Crippen molar-refractivity contribution in [3.05, 3.63) is 56.8 Å². The number of halogens is 1. The molecule has 0 fully saturated rings. The Morgan fingerprint density at radius 2 is 1.95 bits per heavy atom. The van der Waals surface area contributed by atoms with Gasteiger partial charge in [0.1, 0.15) is 0 Å². The van der Waals surface area contributed by atoms with Gasteiger partial charge in [0.05, 0.1) is 4.92 Å². The van der Waals surface area contributed by atoms with Crippen molar-refractivity contribution < 1.29 is 9.66 Å². The van der Waals surface area contributed by atoms with Crippen molar-refractivity contribution in [2.45, 2.75) is 26.7 Å². The number of nitro benzene ring substituents is 1. The highest BCUT2D eigenvalue weighted by atomic mass is 35.5. The Kier molecular flexibility index (Phi) is 4.43. The molecule has 6 heteroatoms. The highest BCUT2D eigenvalue weighted by molar-refractivity contribution is 6.17. The van der Waals surface area contributed by atoms with Gasteiger partial charge in [-0.15, -0.1) is 11.6 Å². The molecule has 0 aliphatic heterocycles. The molecule has 0 aliphatic rings. The number of alkyl halides is 1. The molecule has 1 aromatic heterocycles. The fourth-order valence-corrected chi connectivity index (χ4v) is 2.24. The van der Waals surface area contributed by atoms with Crippen molar-refractivity contribution in [3.63, 3.8) is 0 Å². The van der Waals surface area contributed by atoms with Crippen LogP contribution in [0.15, 0.2) is 24.4 Å². The maximum Gasteiger partial charge on any atom is 0.312 e. The molecule has 110 valence electrons. The van der Waals surface area contributed by atoms with Gasteiger partial charge in [-0.1, -0.05) is 6.07 Å². The third kappa shape index (κ3) is 3.31. The molecule has 1 heterocycles. The first-order valence-corrected chi connectivity index (χ1v) is 6.90. The molecule has 0 radical (unpaired) electrons. The van der Waals surface area contributed by atoms with Crippen molar-refractivity contribution in [3.8, 4) is 11.6 Å². The first-order chi connectivity index (χ1) is 9.92. The minimum atomic E-state index is -0.447. The summed E-state index contributed by atoms with van der Waals surface area (Å²) < 4.78 is 5.69. The highest BCUT2D eigenvalue weighted by Gasteiger charge is 2.20. The smallest absolute Gasteiger partial charge is 0.312 e. The Morgan fingerprint density at radius 1 is 1.24 bits per heavy atom. The number of ether oxygens (including phenoxy) is 1. The van der Waals surface area contributed by atoms with E-state index < -0.39 is 4.92 Å². The number of aryl methyl sites for hydroxylation is 3. The lowest BCUT2D eigenvalue weighted by molar-refractivity contribution is -0.385. The largest absolute Gasteiger partial charge is 0.431 e. The highest BCUT2D eigenvalue weighted by Crippen LogP contribution is 2.36. The summed E-state index contributed by atoms with van der Waals surface area (Å²) in [5.74, 6) is 0.927. The predicted octanol–water partition coefficient (Wildman–Crippen LogP) is 4.45. The summed E-state index contributed by atoms with van der Waals surface area (Å²) >= 11 is 5.75. The van der Waals surface area contributed by atoms with E-state index in [4.69, 9.17) is 16.3 Å². The monoisotopic (exact) mass is 306 g/mol. The molecule has 2 rings (SSSR count). The van der Waals surface area contributed by atoms with Crippen molar-refractivity contribution in [1.29, 1.82) is 0 Å². The van der Waals surface area contributed by atoms with E-state index in [1.165, 1.54) is 6.07 Å². The number of aromatic nitrogens is 1. The quantitative estimate of drug-likeness (QED) is 0.475. The van der Waals surface area contributed by atoms with Crippen LogP contribution in [0.5, 0.6) is 11.6 Å². The minimum Gasteiger partial charge on any atom is -0.431 e. The van der Waals surface area contributed by atoms with Crippen molar-refractivity contribution in [1.82, 2.24) is 4.98 Å². The number of rotatable bonds is 4. The zero-order chi connectivity index (χ0) is 15.6. The third-order valence-electron chi connectivity index (χ3n) is 3.04. The van der Waals surface area contributed by atoms with Crippen LogP contribution in [0.1, 0.15) is 22.3 Å². The lowest BCUT2D eigenvalue weighted by Crippen LogP contribution is -1.99. The summed E-state index contributed by atoms with van der Waals surface area (Å²) in [6.45, 7) is 5.41. The number of nitro groups is 1. The van der Waals surface area contributed by atoms with Gasteiger partial charge in [0, 0.05) is 23.7 Å². The Labute approximate surface area is 127 Å². The zero-order valence-electron chi connectivity index (χ0n) is 12.0. The van der Waals surface area contributed by atoms with Gasteiger partial charge in [-0.05, 0) is 43.5 Å². The van der Waals surface area contributed by atoms with E-state index in [1.54, 1.807) is 13.1 Å². The molecule has 0 amide bonds. The topological polar surface area (TPSA) is 65.3 Å². The second kappa shape index (κ2) is 6.10. The molecule has 0 unspecified atom stereocenters. The van der Waals surface area contributed by atoms with Crippen LogP contribution in [-0.4, -0.2) is 9.91 Å². The van der Waals surface area contributed by atoms with E-state index >= 15 is 0 Å². The molecule has 2 aromatic rings. The van der Waals surface area contributed by atoms with Gasteiger partial charge >= 0.3 is 5.69 Å². The van der Waals surface area contributed by atoms with E-state index in [2.05, 4.69) is 4.98 Å². The maximum atomic E-state index is 11.2. The van der Waals surface area contributed by atoms with E-state index in [9.17, 15) is 10.1 Å². The summed E-state index contributed by atoms with van der Waals surface area (Å²) in [5.41, 5.74) is 3.10. The molecule has 0 atom stereocenters. The number of hydrogen-bond donors (Lipinski definition) is 0. The summed E-state index contributed by atoms with van der Waals surface area (Å²) in [7, 11) is 0. The van der Waals surface area contributed by atoms with E-state index in [-0.39, 0.29) is 11.4 Å². The third-order valence-corrected chi connectivity index (χ3v) is 3.34. The van der Waals surface area contributed by atoms with Crippen LogP contribution >= 0.6 is 11.6 Å². The molecule has 21 heavy (non-hydrogen) atoms. The molecule has 1 aromatic carbocycles. The first-order valence-electron chi connectivity index (χ1n) is 6.37. The maximum absolute atomic E-state index is 11.2. The summed E-state index contributed by atoms with van der Waals surface area (Å²) in [6, 6.07) is 5.18. The van der Waals surface area contributed by atoms with Crippen molar-refractivity contribution in [2.24, 2.45) is 0 Å². The van der Waals surface area contributed by atoms with Crippen LogP contribution in [0.2, 0.25) is 0 Å². The van der Waals surface area contributed by atoms with Crippen LogP contribution in [0.3, 0.4) is 0 Å². The summed E-state index contributed by atoms with van der Waals surface area (Å²) in [6.07, 6.45) is 1.60. The summed E-state index contributed by atoms with van der Waals surface area (Å²) in [4.78, 5) is 14.9. The number of pyridine rings is 1. The molecule has 0 N–H and O–H groups in total. The van der Waals surface area contributed by atoms with Crippen LogP contribution in [0.25, 0.3) is 0 Å². The van der Waals surface area contributed by atoms with Crippen molar-refractivity contribution >= 4 is 17.3 Å². The Hall–Kier alpha value is -2.14. The van der Waals surface area contributed by atoms with Gasteiger partial charge in [-0.25, -0.2) is 4.98 Å². The first kappa shape index (κ1) is 15.3. The molecule has 5 nitrogen and oxygen atoms in total. The molecular weight excluding hydrogens is 292 g/mol. The molecular formula is C15H15ClN2O3. The van der Waals surface area contributed by atoms with Crippen LogP contribution < -0.4 is 4.74 Å². The molecule has 0 bridgehead atoms. The Morgan fingerprint density at radius 3 is 2.52 bits per heavy atom. The van der Waals surface area contributed by atoms with Crippen molar-refractivity contribution in [2.75, 3.05) is 0 Å². The van der Waals surface area contributed by atoms with Gasteiger partial charge in [-0.2, -0.15) is 0 Å². The van der Waals surface area contributed by atoms with Gasteiger partial charge < -0.3 is 4.74 Å². The fourth-order valence-electron chi connectivity index (χ4n) is 2.10. The molecule has 0 aliphatic carbocycles. The lowest BCUT2D eigenvalue weighted by Gasteiger charge is -2.11. The van der Waals surface area contributed by atoms with Gasteiger partial charge in [0.2, 0.25) is 11.6 Å². The molecule has 0 saturated heterocycles. The summed E-state index contributed by atoms with van der Waals surface area (Å²) in [5, 5.41) is 11.2. The van der Waals surface area contributed by atoms with Crippen LogP contribution in [0.4, 0.5) is 5.69 Å². The average Bonchev–Trinajstić information content (AvgIpc) is 2.42. The second-order valence-corrected chi connectivity index (χ2v) is 5.16. The minimum absolute atomic E-state index is 0.0601. The molecule has 0 spiro atoms. The van der Waals surface area contributed by atoms with E-state index in [1.807, 2.05) is 26.0 Å². The molecule has 0 saturated carbocycles. The number of hydrogen-bond acceptors (Lipinski definition) is 4. The predicted molar refractivity (Wildman–Crippen MR) is 81.2 cm³/mol. The second-order valence-electron chi connectivity index (χ2n) is 4.89. The fraction of sp³-hybridized carbons (Fsp3) is 0.267. The van der Waals surface area contributed by atoms with E-state index in [0.717, 1.165) is 16.7 Å². The van der Waals surface area contributed by atoms with Crippen LogP contribution in [0, 0.1) is 30.9 Å². The number of benzene rings is 1. The van der Waals surface area contributed by atoms with Gasteiger partial charge in [-0.3, -0.25) is 10.1 Å². The SMILES string of the molecule is Cc1cc(C)c(Oc2ncc(CCl)cc2C)c([N+](=O)[O-])c1. The Balaban J connectivity index is 2.46. The van der Waals surface area contributed by atoms with Gasteiger partial charge in [0.25, 0.3) is 0 Å². The average molecular weight is 307 g/mol. The van der Waals surface area contributed by atoms with Gasteiger partial charge in [0.15, 0.2) is 0 Å². The Bertz CT molecular complexity index is 702. The normalized spacial score (nSPS) is 10.5. The standard InChI is InChI=1S/C15H15ClN2O3/c1-9-4-10(2)14(13(5-9)18(19)20)21-15-11(3)6-12(7-16)8-17-15/h4-6,8H,7H2,1-3H3. The number of nitrogens with zero attached hydrogens (tertiary/aromatic N) is 2. The lowest BCUT2D eigenvalue weighted by atomic mass is 10.1. The zero-order valence-corrected chi connectivity index (χ0v) is 12.8. The van der Waals surface area contributed by atoms with Crippen LogP contribution in [-0.2, 0) is 5.88 Å². The van der Waals surface area contributed by atoms with E-state index in [0.29, 0.717) is 17.3 Å².